The molecule has 1 aliphatic rings. The summed E-state index contributed by atoms with van der Waals surface area (Å²) in [5.41, 5.74) is 1.53. The van der Waals surface area contributed by atoms with Gasteiger partial charge in [0, 0.05) is 33.2 Å². The topological polar surface area (TPSA) is 84.5 Å². The van der Waals surface area contributed by atoms with E-state index in [1.807, 2.05) is 4.90 Å². The Morgan fingerprint density at radius 1 is 0.919 bits per heavy atom. The number of hydrogen-bond acceptors (Lipinski definition) is 6. The second-order valence-corrected chi connectivity index (χ2v) is 9.66. The molecule has 0 unspecified atom stereocenters. The summed E-state index contributed by atoms with van der Waals surface area (Å²) >= 11 is 3.34. The normalized spacial score (nSPS) is 14.5. The molecule has 190 valence electrons. The first-order valence-corrected chi connectivity index (χ1v) is 12.4. The fourth-order valence-electron chi connectivity index (χ4n) is 4.93. The highest BCUT2D eigenvalue weighted by molar-refractivity contribution is 9.10. The summed E-state index contributed by atoms with van der Waals surface area (Å²) in [7, 11) is 1.49. The van der Waals surface area contributed by atoms with E-state index in [0.29, 0.717) is 41.8 Å². The Hall–Kier alpha value is -3.70. The molecule has 1 fully saturated rings. The van der Waals surface area contributed by atoms with Crippen molar-refractivity contribution in [3.63, 3.8) is 0 Å². The van der Waals surface area contributed by atoms with Gasteiger partial charge in [0.15, 0.2) is 5.69 Å². The molecule has 37 heavy (non-hydrogen) atoms. The summed E-state index contributed by atoms with van der Waals surface area (Å²) < 4.78 is 29.0. The average molecular weight is 570 g/mol. The summed E-state index contributed by atoms with van der Waals surface area (Å²) in [5, 5.41) is 12.0. The smallest absolute Gasteiger partial charge is 0.359 e. The number of nitro groups is 1. The molecule has 2 aromatic heterocycles. The molecule has 0 spiro atoms. The average Bonchev–Trinajstić information content (AvgIpc) is 2.88. The maximum absolute atomic E-state index is 13.6. The van der Waals surface area contributed by atoms with Gasteiger partial charge < -0.3 is 9.47 Å². The molecule has 1 saturated heterocycles. The van der Waals surface area contributed by atoms with E-state index < -0.39 is 16.2 Å². The van der Waals surface area contributed by atoms with Gasteiger partial charge in [0.05, 0.1) is 16.5 Å². The molecule has 0 aliphatic carbocycles. The molecule has 0 radical (unpaired) electrons. The molecule has 2 aromatic carbocycles. The summed E-state index contributed by atoms with van der Waals surface area (Å²) in [6.07, 6.45) is 0. The van der Waals surface area contributed by atoms with Gasteiger partial charge in [0.25, 0.3) is 0 Å². The maximum Gasteiger partial charge on any atom is 0.359 e. The predicted octanol–water partition coefficient (Wildman–Crippen LogP) is 4.79. The van der Waals surface area contributed by atoms with E-state index in [0.717, 1.165) is 11.1 Å². The highest BCUT2D eigenvalue weighted by atomic mass is 79.9. The summed E-state index contributed by atoms with van der Waals surface area (Å²) in [5.74, 6) is -0.704. The number of hydrogen-bond donors (Lipinski definition) is 0. The lowest BCUT2D eigenvalue weighted by Gasteiger charge is -2.40. The van der Waals surface area contributed by atoms with Crippen LogP contribution >= 0.6 is 15.9 Å². The molecular weight excluding hydrogens is 548 g/mol. The molecule has 0 bridgehead atoms. The second kappa shape index (κ2) is 9.98. The number of benzene rings is 2. The number of piperazine rings is 1. The Balaban J connectivity index is 1.53. The zero-order chi connectivity index (χ0) is 26.3. The van der Waals surface area contributed by atoms with Crippen LogP contribution in [0.3, 0.4) is 0 Å². The molecule has 5 rings (SSSR count). The lowest BCUT2D eigenvalue weighted by molar-refractivity contribution is -0.385. The Bertz CT molecular complexity index is 1490. The van der Waals surface area contributed by atoms with E-state index in [4.69, 9.17) is 0 Å². The van der Waals surface area contributed by atoms with Gasteiger partial charge in [0.2, 0.25) is 0 Å². The minimum absolute atomic E-state index is 0.198. The van der Waals surface area contributed by atoms with Crippen LogP contribution in [0.15, 0.2) is 70.1 Å². The minimum Gasteiger partial charge on any atom is -0.361 e. The van der Waals surface area contributed by atoms with Crippen LogP contribution < -0.4 is 10.5 Å². The van der Waals surface area contributed by atoms with Crippen molar-refractivity contribution in [3.05, 3.63) is 108 Å². The summed E-state index contributed by atoms with van der Waals surface area (Å²) in [6.45, 7) is 1.74. The first-order valence-electron chi connectivity index (χ1n) is 11.6. The number of pyridine rings is 2. The summed E-state index contributed by atoms with van der Waals surface area (Å²) in [6, 6.07) is 15.5. The third-order valence-electron chi connectivity index (χ3n) is 6.71. The van der Waals surface area contributed by atoms with E-state index in [1.165, 1.54) is 35.9 Å². The van der Waals surface area contributed by atoms with Gasteiger partial charge in [-0.25, -0.2) is 13.8 Å². The molecule has 0 amide bonds. The largest absolute Gasteiger partial charge is 0.361 e. The van der Waals surface area contributed by atoms with Gasteiger partial charge in [-0.05, 0) is 63.5 Å². The van der Waals surface area contributed by atoms with E-state index >= 15 is 0 Å². The van der Waals surface area contributed by atoms with Crippen molar-refractivity contribution in [1.82, 2.24) is 14.5 Å². The van der Waals surface area contributed by atoms with E-state index in [9.17, 15) is 23.7 Å². The number of anilines is 1. The zero-order valence-electron chi connectivity index (χ0n) is 19.8. The first-order chi connectivity index (χ1) is 17.7. The highest BCUT2D eigenvalue weighted by Crippen LogP contribution is 2.36. The van der Waals surface area contributed by atoms with E-state index in [2.05, 4.69) is 25.8 Å². The third-order valence-corrected chi connectivity index (χ3v) is 7.15. The van der Waals surface area contributed by atoms with Gasteiger partial charge in [-0.3, -0.25) is 19.8 Å². The monoisotopic (exact) mass is 569 g/mol. The lowest BCUT2D eigenvalue weighted by atomic mass is 9.96. The number of rotatable bonds is 5. The van der Waals surface area contributed by atoms with Crippen LogP contribution in [0.5, 0.6) is 0 Å². The Morgan fingerprint density at radius 2 is 1.46 bits per heavy atom. The Morgan fingerprint density at radius 3 is 1.97 bits per heavy atom. The number of fused-ring (bicyclic) bond motifs is 1. The predicted molar refractivity (Wildman–Crippen MR) is 140 cm³/mol. The molecule has 3 heterocycles. The van der Waals surface area contributed by atoms with Crippen LogP contribution in [0.25, 0.3) is 11.0 Å². The van der Waals surface area contributed by atoms with Crippen LogP contribution in [0.4, 0.5) is 20.2 Å². The third kappa shape index (κ3) is 4.72. The van der Waals surface area contributed by atoms with Crippen LogP contribution in [0, 0.1) is 21.7 Å². The molecule has 11 heteroatoms. The SMILES string of the molecule is Cn1c(=O)c([N+](=O)[O-])c(N2CCN(C(c3ccc(F)cc3)c3ccc(F)cc3)CC2)c2nc(Br)ccc21. The van der Waals surface area contributed by atoms with Gasteiger partial charge in [-0.2, -0.15) is 0 Å². The zero-order valence-corrected chi connectivity index (χ0v) is 21.4. The molecule has 1 aliphatic heterocycles. The molecule has 0 atom stereocenters. The van der Waals surface area contributed by atoms with Crippen molar-refractivity contribution in [1.29, 1.82) is 0 Å². The van der Waals surface area contributed by atoms with Crippen molar-refractivity contribution < 1.29 is 13.7 Å². The van der Waals surface area contributed by atoms with Crippen molar-refractivity contribution in [2.24, 2.45) is 7.05 Å². The number of halogens is 3. The molecule has 0 N–H and O–H groups in total. The Kier molecular flexibility index (Phi) is 6.74. The Labute approximate surface area is 219 Å². The molecule has 8 nitrogen and oxygen atoms in total. The number of nitrogens with zero attached hydrogens (tertiary/aromatic N) is 5. The van der Waals surface area contributed by atoms with Gasteiger partial charge in [0.1, 0.15) is 21.8 Å². The molecule has 0 saturated carbocycles. The number of aromatic nitrogens is 2. The van der Waals surface area contributed by atoms with Crippen molar-refractivity contribution in [2.75, 3.05) is 31.1 Å². The van der Waals surface area contributed by atoms with Crippen molar-refractivity contribution in [3.8, 4) is 0 Å². The van der Waals surface area contributed by atoms with Gasteiger partial charge >= 0.3 is 11.2 Å². The highest BCUT2D eigenvalue weighted by Gasteiger charge is 2.33. The maximum atomic E-state index is 13.6. The van der Waals surface area contributed by atoms with Gasteiger partial charge in [-0.15, -0.1) is 0 Å². The van der Waals surface area contributed by atoms with Gasteiger partial charge in [-0.1, -0.05) is 24.3 Å². The van der Waals surface area contributed by atoms with E-state index in [-0.39, 0.29) is 23.4 Å². The second-order valence-electron chi connectivity index (χ2n) is 8.85. The van der Waals surface area contributed by atoms with Crippen molar-refractivity contribution in [2.45, 2.75) is 6.04 Å². The molecular formula is C26H22BrF2N5O3. The lowest BCUT2D eigenvalue weighted by Crippen LogP contribution is -2.48. The standard InChI is InChI=1S/C26H22BrF2N5O3/c1-31-20-10-11-21(27)30-22(20)24(25(26(31)35)34(36)37)33-14-12-32(13-15-33)23(16-2-6-18(28)7-3-16)17-4-8-19(29)9-5-17/h2-11,23H,12-15H2,1H3. The fourth-order valence-corrected chi connectivity index (χ4v) is 5.24. The molecule has 4 aromatic rings. The van der Waals surface area contributed by atoms with Crippen molar-refractivity contribution >= 4 is 38.3 Å². The van der Waals surface area contributed by atoms with Crippen LogP contribution in [-0.4, -0.2) is 45.6 Å². The minimum atomic E-state index is -0.699. The number of aryl methyl sites for hydroxylation is 1. The quantitative estimate of drug-likeness (QED) is 0.195. The fraction of sp³-hybridized carbons (Fsp3) is 0.231. The summed E-state index contributed by atoms with van der Waals surface area (Å²) in [4.78, 5) is 32.8. The van der Waals surface area contributed by atoms with Crippen LogP contribution in [0.1, 0.15) is 17.2 Å². The van der Waals surface area contributed by atoms with Crippen LogP contribution in [0.2, 0.25) is 0 Å². The van der Waals surface area contributed by atoms with Crippen LogP contribution in [-0.2, 0) is 7.05 Å². The van der Waals surface area contributed by atoms with E-state index in [1.54, 1.807) is 36.4 Å². The first kappa shape index (κ1) is 25.0.